The van der Waals surface area contributed by atoms with Crippen LogP contribution in [-0.4, -0.2) is 46.3 Å². The summed E-state index contributed by atoms with van der Waals surface area (Å²) in [5.74, 6) is -0.754. The van der Waals surface area contributed by atoms with Gasteiger partial charge in [0.05, 0.1) is 24.7 Å². The third-order valence-electron chi connectivity index (χ3n) is 5.13. The number of methoxy groups -OCH3 is 1. The van der Waals surface area contributed by atoms with Gasteiger partial charge >= 0.3 is 5.97 Å². The molecule has 0 aliphatic heterocycles. The van der Waals surface area contributed by atoms with Gasteiger partial charge in [0.2, 0.25) is 5.91 Å². The summed E-state index contributed by atoms with van der Waals surface area (Å²) >= 11 is 0. The van der Waals surface area contributed by atoms with Crippen LogP contribution in [0.5, 0.6) is 0 Å². The van der Waals surface area contributed by atoms with E-state index in [9.17, 15) is 9.59 Å². The van der Waals surface area contributed by atoms with E-state index >= 15 is 0 Å². The van der Waals surface area contributed by atoms with Gasteiger partial charge in [0.15, 0.2) is 5.69 Å². The Morgan fingerprint density at radius 1 is 1.26 bits per heavy atom. The van der Waals surface area contributed by atoms with Gasteiger partial charge in [-0.1, -0.05) is 30.3 Å². The van der Waals surface area contributed by atoms with Gasteiger partial charge < -0.3 is 25.0 Å². The second-order valence-corrected chi connectivity index (χ2v) is 7.46. The van der Waals surface area contributed by atoms with Crippen molar-refractivity contribution in [2.24, 2.45) is 7.05 Å². The molecule has 2 heterocycles. The quantitative estimate of drug-likeness (QED) is 0.456. The van der Waals surface area contributed by atoms with Crippen LogP contribution >= 0.6 is 0 Å². The van der Waals surface area contributed by atoms with Crippen molar-refractivity contribution in [1.29, 1.82) is 0 Å². The average Bonchev–Trinajstić information content (AvgIpc) is 3.03. The van der Waals surface area contributed by atoms with Crippen molar-refractivity contribution in [2.75, 3.05) is 24.4 Å². The SMILES string of the molecule is COC(=O)c1c(NC(=O)CCc2ccccc2)c2cc(NC(C)CCO)cnc2n1C. The first-order valence-electron chi connectivity index (χ1n) is 10.2. The number of nitrogens with zero attached hydrogens (tertiary/aromatic N) is 2. The lowest BCUT2D eigenvalue weighted by atomic mass is 10.1. The molecule has 0 spiro atoms. The average molecular weight is 425 g/mol. The molecule has 3 aromatic rings. The van der Waals surface area contributed by atoms with E-state index in [-0.39, 0.29) is 30.7 Å². The summed E-state index contributed by atoms with van der Waals surface area (Å²) in [6.07, 6.45) is 3.12. The van der Waals surface area contributed by atoms with Crippen LogP contribution < -0.4 is 10.6 Å². The minimum atomic E-state index is -0.554. The highest BCUT2D eigenvalue weighted by Crippen LogP contribution is 2.32. The van der Waals surface area contributed by atoms with Gasteiger partial charge in [-0.25, -0.2) is 9.78 Å². The molecular weight excluding hydrogens is 396 g/mol. The molecule has 164 valence electrons. The molecule has 8 heteroatoms. The molecule has 0 aliphatic carbocycles. The number of carbonyl (C=O) groups excluding carboxylic acids is 2. The Kier molecular flexibility index (Phi) is 7.25. The van der Waals surface area contributed by atoms with Crippen LogP contribution in [0.2, 0.25) is 0 Å². The van der Waals surface area contributed by atoms with E-state index in [1.807, 2.05) is 43.3 Å². The summed E-state index contributed by atoms with van der Waals surface area (Å²) in [7, 11) is 3.01. The predicted octanol–water partition coefficient (Wildman–Crippen LogP) is 3.11. The Hall–Kier alpha value is -3.39. The molecule has 1 atom stereocenters. The number of aliphatic hydroxyl groups is 1. The lowest BCUT2D eigenvalue weighted by Crippen LogP contribution is -2.17. The number of ether oxygens (including phenoxy) is 1. The number of hydrogen-bond donors (Lipinski definition) is 3. The molecule has 3 rings (SSSR count). The number of benzene rings is 1. The number of pyridine rings is 1. The highest BCUT2D eigenvalue weighted by molar-refractivity contribution is 6.11. The first kappa shape index (κ1) is 22.3. The zero-order valence-corrected chi connectivity index (χ0v) is 18.0. The van der Waals surface area contributed by atoms with E-state index in [1.54, 1.807) is 17.8 Å². The number of esters is 1. The fourth-order valence-electron chi connectivity index (χ4n) is 3.51. The third kappa shape index (κ3) is 5.21. The first-order chi connectivity index (χ1) is 14.9. The van der Waals surface area contributed by atoms with Gasteiger partial charge in [-0.2, -0.15) is 0 Å². The normalized spacial score (nSPS) is 11.9. The maximum absolute atomic E-state index is 12.7. The van der Waals surface area contributed by atoms with Crippen LogP contribution in [-0.2, 0) is 23.0 Å². The van der Waals surface area contributed by atoms with Crippen LogP contribution in [0.4, 0.5) is 11.4 Å². The van der Waals surface area contributed by atoms with E-state index in [2.05, 4.69) is 15.6 Å². The zero-order chi connectivity index (χ0) is 22.4. The fraction of sp³-hybridized carbons (Fsp3) is 0.348. The van der Waals surface area contributed by atoms with Crippen LogP contribution in [0.1, 0.15) is 35.8 Å². The van der Waals surface area contributed by atoms with Gasteiger partial charge in [-0.05, 0) is 31.4 Å². The summed E-state index contributed by atoms with van der Waals surface area (Å²) in [4.78, 5) is 29.7. The Balaban J connectivity index is 1.92. The Bertz CT molecular complexity index is 1060. The number of amides is 1. The molecule has 1 aromatic carbocycles. The molecule has 2 aromatic heterocycles. The van der Waals surface area contributed by atoms with Crippen molar-refractivity contribution < 1.29 is 19.4 Å². The van der Waals surface area contributed by atoms with Crippen LogP contribution in [0.15, 0.2) is 42.6 Å². The molecule has 0 fully saturated rings. The van der Waals surface area contributed by atoms with E-state index in [0.29, 0.717) is 29.6 Å². The summed E-state index contributed by atoms with van der Waals surface area (Å²) < 4.78 is 6.56. The molecule has 0 radical (unpaired) electrons. The van der Waals surface area contributed by atoms with Gasteiger partial charge in [0.1, 0.15) is 5.65 Å². The summed E-state index contributed by atoms with van der Waals surface area (Å²) in [6.45, 7) is 2.03. The summed E-state index contributed by atoms with van der Waals surface area (Å²) in [6, 6.07) is 11.6. The molecular formula is C23H28N4O4. The van der Waals surface area contributed by atoms with E-state index in [1.165, 1.54) is 7.11 Å². The number of carbonyl (C=O) groups is 2. The highest BCUT2D eigenvalue weighted by atomic mass is 16.5. The Morgan fingerprint density at radius 3 is 2.68 bits per heavy atom. The lowest BCUT2D eigenvalue weighted by Gasteiger charge is -2.13. The van der Waals surface area contributed by atoms with Crippen molar-refractivity contribution >= 4 is 34.3 Å². The van der Waals surface area contributed by atoms with Gasteiger partial charge in [-0.15, -0.1) is 0 Å². The van der Waals surface area contributed by atoms with Gasteiger partial charge in [0.25, 0.3) is 0 Å². The number of aromatic nitrogens is 2. The van der Waals surface area contributed by atoms with Crippen molar-refractivity contribution in [3.63, 3.8) is 0 Å². The molecule has 0 aliphatic rings. The largest absolute Gasteiger partial charge is 0.464 e. The van der Waals surface area contributed by atoms with Crippen molar-refractivity contribution in [1.82, 2.24) is 9.55 Å². The Labute approximate surface area is 181 Å². The topological polar surface area (TPSA) is 105 Å². The smallest absolute Gasteiger partial charge is 0.356 e. The number of hydrogen-bond acceptors (Lipinski definition) is 6. The maximum Gasteiger partial charge on any atom is 0.356 e. The van der Waals surface area contributed by atoms with E-state index < -0.39 is 5.97 Å². The molecule has 31 heavy (non-hydrogen) atoms. The minimum absolute atomic E-state index is 0.0388. The van der Waals surface area contributed by atoms with Crippen LogP contribution in [0.25, 0.3) is 11.0 Å². The monoisotopic (exact) mass is 424 g/mol. The minimum Gasteiger partial charge on any atom is -0.464 e. The molecule has 3 N–H and O–H groups in total. The molecule has 0 saturated carbocycles. The molecule has 1 unspecified atom stereocenters. The third-order valence-corrected chi connectivity index (χ3v) is 5.13. The Morgan fingerprint density at radius 2 is 2.00 bits per heavy atom. The zero-order valence-electron chi connectivity index (χ0n) is 18.0. The van der Waals surface area contributed by atoms with Crippen molar-refractivity contribution in [3.8, 4) is 0 Å². The lowest BCUT2D eigenvalue weighted by molar-refractivity contribution is -0.116. The van der Waals surface area contributed by atoms with Crippen LogP contribution in [0.3, 0.4) is 0 Å². The standard InChI is InChI=1S/C23H28N4O4/c1-15(11-12-28)25-17-13-18-20(21(23(30)31-3)27(2)22(18)24-14-17)26-19(29)10-9-16-7-5-4-6-8-16/h4-8,13-15,25,28H,9-12H2,1-3H3,(H,26,29). The second kappa shape index (κ2) is 10.1. The van der Waals surface area contributed by atoms with Gasteiger partial charge in [0, 0.05) is 31.5 Å². The molecule has 8 nitrogen and oxygen atoms in total. The van der Waals surface area contributed by atoms with E-state index in [4.69, 9.17) is 9.84 Å². The van der Waals surface area contributed by atoms with Crippen molar-refractivity contribution in [2.45, 2.75) is 32.2 Å². The molecule has 0 saturated heterocycles. The number of fused-ring (bicyclic) bond motifs is 1. The molecule has 0 bridgehead atoms. The fourth-order valence-corrected chi connectivity index (χ4v) is 3.51. The first-order valence-corrected chi connectivity index (χ1v) is 10.2. The van der Waals surface area contributed by atoms with E-state index in [0.717, 1.165) is 11.3 Å². The van der Waals surface area contributed by atoms with Crippen molar-refractivity contribution in [3.05, 3.63) is 53.9 Å². The highest BCUT2D eigenvalue weighted by Gasteiger charge is 2.24. The predicted molar refractivity (Wildman–Crippen MR) is 120 cm³/mol. The summed E-state index contributed by atoms with van der Waals surface area (Å²) in [5, 5.41) is 15.9. The number of aryl methyl sites for hydroxylation is 2. The second-order valence-electron chi connectivity index (χ2n) is 7.46. The number of nitrogens with one attached hydrogen (secondary N) is 2. The molecule has 1 amide bonds. The summed E-state index contributed by atoms with van der Waals surface area (Å²) in [5.41, 5.74) is 2.97. The van der Waals surface area contributed by atoms with Gasteiger partial charge in [-0.3, -0.25) is 4.79 Å². The number of rotatable bonds is 9. The number of aliphatic hydroxyl groups excluding tert-OH is 1. The van der Waals surface area contributed by atoms with Crippen LogP contribution in [0, 0.1) is 0 Å². The maximum atomic E-state index is 12.7. The number of anilines is 2.